The molecule has 25 heavy (non-hydrogen) atoms. The van der Waals surface area contributed by atoms with Gasteiger partial charge in [-0.3, -0.25) is 9.59 Å². The minimum Gasteiger partial charge on any atom is -0.495 e. The van der Waals surface area contributed by atoms with E-state index < -0.39 is 0 Å². The van der Waals surface area contributed by atoms with Crippen molar-refractivity contribution in [3.8, 4) is 5.75 Å². The quantitative estimate of drug-likeness (QED) is 0.690. The van der Waals surface area contributed by atoms with E-state index in [0.717, 1.165) is 6.42 Å². The molecule has 2 amide bonds. The Morgan fingerprint density at radius 2 is 1.88 bits per heavy atom. The summed E-state index contributed by atoms with van der Waals surface area (Å²) in [5.41, 5.74) is 1.88. The van der Waals surface area contributed by atoms with Crippen LogP contribution in [0.4, 0.5) is 11.4 Å². The van der Waals surface area contributed by atoms with Gasteiger partial charge in [0.25, 0.3) is 5.91 Å². The molecule has 0 bridgehead atoms. The van der Waals surface area contributed by atoms with Gasteiger partial charge in [-0.15, -0.1) is 0 Å². The Bertz CT molecular complexity index is 731. The second-order valence-corrected chi connectivity index (χ2v) is 5.44. The molecule has 2 aromatic rings. The van der Waals surface area contributed by atoms with Crippen molar-refractivity contribution in [2.24, 2.45) is 0 Å². The van der Waals surface area contributed by atoms with E-state index in [2.05, 4.69) is 16.0 Å². The maximum Gasteiger partial charge on any atom is 0.251 e. The van der Waals surface area contributed by atoms with Gasteiger partial charge in [-0.1, -0.05) is 25.1 Å². The van der Waals surface area contributed by atoms with Crippen LogP contribution >= 0.6 is 0 Å². The van der Waals surface area contributed by atoms with Crippen LogP contribution in [0.3, 0.4) is 0 Å². The SMILES string of the molecule is CCCNC(=O)c1cccc(NCC(=O)Nc2ccccc2OC)c1. The first kappa shape index (κ1) is 18.3. The third-order valence-electron chi connectivity index (χ3n) is 3.49. The highest BCUT2D eigenvalue weighted by Gasteiger charge is 2.08. The zero-order valence-electron chi connectivity index (χ0n) is 14.5. The Morgan fingerprint density at radius 1 is 1.08 bits per heavy atom. The molecule has 0 atom stereocenters. The highest BCUT2D eigenvalue weighted by molar-refractivity contribution is 5.96. The topological polar surface area (TPSA) is 79.5 Å². The first-order chi connectivity index (χ1) is 12.1. The number of anilines is 2. The number of hydrogen-bond donors (Lipinski definition) is 3. The summed E-state index contributed by atoms with van der Waals surface area (Å²) in [7, 11) is 1.55. The summed E-state index contributed by atoms with van der Waals surface area (Å²) in [5, 5.41) is 8.64. The number of methoxy groups -OCH3 is 1. The summed E-state index contributed by atoms with van der Waals surface area (Å²) < 4.78 is 5.20. The average Bonchev–Trinajstić information content (AvgIpc) is 2.65. The van der Waals surface area contributed by atoms with Crippen LogP contribution < -0.4 is 20.7 Å². The molecule has 2 rings (SSSR count). The van der Waals surface area contributed by atoms with Gasteiger partial charge in [0, 0.05) is 17.8 Å². The Morgan fingerprint density at radius 3 is 2.64 bits per heavy atom. The van der Waals surface area contributed by atoms with Gasteiger partial charge in [0.1, 0.15) is 5.75 Å². The fraction of sp³-hybridized carbons (Fsp3) is 0.263. The predicted octanol–water partition coefficient (Wildman–Crippen LogP) is 2.89. The van der Waals surface area contributed by atoms with Crippen molar-refractivity contribution in [2.75, 3.05) is 30.8 Å². The van der Waals surface area contributed by atoms with Crippen LogP contribution in [0, 0.1) is 0 Å². The Hall–Kier alpha value is -3.02. The van der Waals surface area contributed by atoms with Gasteiger partial charge in [-0.25, -0.2) is 0 Å². The summed E-state index contributed by atoms with van der Waals surface area (Å²) in [6, 6.07) is 14.3. The van der Waals surface area contributed by atoms with Crippen molar-refractivity contribution < 1.29 is 14.3 Å². The lowest BCUT2D eigenvalue weighted by atomic mass is 10.2. The van der Waals surface area contributed by atoms with Gasteiger partial charge in [-0.2, -0.15) is 0 Å². The van der Waals surface area contributed by atoms with E-state index in [1.165, 1.54) is 0 Å². The number of nitrogens with one attached hydrogen (secondary N) is 3. The van der Waals surface area contributed by atoms with Crippen LogP contribution in [-0.4, -0.2) is 32.0 Å². The van der Waals surface area contributed by atoms with Gasteiger partial charge in [0.15, 0.2) is 0 Å². The predicted molar refractivity (Wildman–Crippen MR) is 99.2 cm³/mol. The normalized spacial score (nSPS) is 10.0. The fourth-order valence-electron chi connectivity index (χ4n) is 2.24. The van der Waals surface area contributed by atoms with E-state index in [9.17, 15) is 9.59 Å². The number of hydrogen-bond acceptors (Lipinski definition) is 4. The van der Waals surface area contributed by atoms with E-state index in [1.54, 1.807) is 37.4 Å². The van der Waals surface area contributed by atoms with Gasteiger partial charge >= 0.3 is 0 Å². The average molecular weight is 341 g/mol. The number of rotatable bonds is 8. The minimum absolute atomic E-state index is 0.0814. The smallest absolute Gasteiger partial charge is 0.251 e. The molecule has 0 heterocycles. The molecule has 0 aliphatic carbocycles. The van der Waals surface area contributed by atoms with Crippen LogP contribution in [0.5, 0.6) is 5.75 Å². The molecule has 0 fully saturated rings. The number of amides is 2. The van der Waals surface area contributed by atoms with Crippen LogP contribution in [0.2, 0.25) is 0 Å². The lowest BCUT2D eigenvalue weighted by Crippen LogP contribution is -2.24. The number of ether oxygens (including phenoxy) is 1. The van der Waals surface area contributed by atoms with E-state index in [1.807, 2.05) is 25.1 Å². The van der Waals surface area contributed by atoms with Crippen molar-refractivity contribution in [1.82, 2.24) is 5.32 Å². The highest BCUT2D eigenvalue weighted by atomic mass is 16.5. The largest absolute Gasteiger partial charge is 0.495 e. The fourth-order valence-corrected chi connectivity index (χ4v) is 2.24. The van der Waals surface area contributed by atoms with Crippen LogP contribution in [0.1, 0.15) is 23.7 Å². The van der Waals surface area contributed by atoms with E-state index in [-0.39, 0.29) is 18.4 Å². The Labute approximate surface area is 147 Å². The van der Waals surface area contributed by atoms with Crippen LogP contribution in [0.25, 0.3) is 0 Å². The second-order valence-electron chi connectivity index (χ2n) is 5.44. The zero-order chi connectivity index (χ0) is 18.1. The molecule has 0 saturated carbocycles. The van der Waals surface area contributed by atoms with Gasteiger partial charge < -0.3 is 20.7 Å². The molecule has 6 nitrogen and oxygen atoms in total. The molecule has 132 valence electrons. The molecule has 6 heteroatoms. The second kappa shape index (κ2) is 9.32. The monoisotopic (exact) mass is 341 g/mol. The van der Waals surface area contributed by atoms with Crippen molar-refractivity contribution >= 4 is 23.2 Å². The zero-order valence-corrected chi connectivity index (χ0v) is 14.5. The lowest BCUT2D eigenvalue weighted by Gasteiger charge is -2.11. The molecule has 0 aromatic heterocycles. The van der Waals surface area contributed by atoms with Crippen molar-refractivity contribution in [3.05, 3.63) is 54.1 Å². The molecule has 0 radical (unpaired) electrons. The standard InChI is InChI=1S/C19H23N3O3/c1-3-11-20-19(24)14-7-6-8-15(12-14)21-13-18(23)22-16-9-4-5-10-17(16)25-2/h4-10,12,21H,3,11,13H2,1-2H3,(H,20,24)(H,22,23). The molecule has 0 unspecified atom stereocenters. The van der Waals surface area contributed by atoms with Crippen LogP contribution in [-0.2, 0) is 4.79 Å². The molecule has 0 aliphatic rings. The third-order valence-corrected chi connectivity index (χ3v) is 3.49. The van der Waals surface area contributed by atoms with Gasteiger partial charge in [-0.05, 0) is 36.8 Å². The maximum absolute atomic E-state index is 12.1. The first-order valence-corrected chi connectivity index (χ1v) is 8.19. The maximum atomic E-state index is 12.1. The minimum atomic E-state index is -0.203. The summed E-state index contributed by atoms with van der Waals surface area (Å²) in [6.45, 7) is 2.72. The van der Waals surface area contributed by atoms with Crippen molar-refractivity contribution in [1.29, 1.82) is 0 Å². The lowest BCUT2D eigenvalue weighted by molar-refractivity contribution is -0.114. The molecule has 0 spiro atoms. The van der Waals surface area contributed by atoms with E-state index in [0.29, 0.717) is 29.2 Å². The Balaban J connectivity index is 1.92. The van der Waals surface area contributed by atoms with E-state index >= 15 is 0 Å². The molecule has 3 N–H and O–H groups in total. The van der Waals surface area contributed by atoms with Gasteiger partial charge in [0.2, 0.25) is 5.91 Å². The summed E-state index contributed by atoms with van der Waals surface area (Å²) >= 11 is 0. The summed E-state index contributed by atoms with van der Waals surface area (Å²) in [6.07, 6.45) is 0.882. The van der Waals surface area contributed by atoms with Crippen LogP contribution in [0.15, 0.2) is 48.5 Å². The Kier molecular flexibility index (Phi) is 6.83. The third kappa shape index (κ3) is 5.53. The molecule has 0 saturated heterocycles. The molecule has 2 aromatic carbocycles. The summed E-state index contributed by atoms with van der Waals surface area (Å²) in [4.78, 5) is 24.1. The molecular weight excluding hydrogens is 318 g/mol. The number of benzene rings is 2. The first-order valence-electron chi connectivity index (χ1n) is 8.19. The number of carbonyl (C=O) groups excluding carboxylic acids is 2. The molecule has 0 aliphatic heterocycles. The van der Waals surface area contributed by atoms with Crippen molar-refractivity contribution in [3.63, 3.8) is 0 Å². The molecular formula is C19H23N3O3. The summed E-state index contributed by atoms with van der Waals surface area (Å²) in [5.74, 6) is 0.278. The van der Waals surface area contributed by atoms with Crippen molar-refractivity contribution in [2.45, 2.75) is 13.3 Å². The van der Waals surface area contributed by atoms with Gasteiger partial charge in [0.05, 0.1) is 19.3 Å². The highest BCUT2D eigenvalue weighted by Crippen LogP contribution is 2.22. The van der Waals surface area contributed by atoms with E-state index in [4.69, 9.17) is 4.74 Å². The number of para-hydroxylation sites is 2. The number of carbonyl (C=O) groups is 2.